The standard InChI is InChI=1S/C20H37N3O2/c1-17(2)6-4-11-22-13-8-19(9-14-22)23-12-5-7-18(16-23)20(24)21-10-15-25-3/h6,18-19H,4-5,7-16H2,1-3H3,(H,21,24)/t18-/m1/s1. The molecule has 0 spiro atoms. The third kappa shape index (κ3) is 7.08. The fourth-order valence-corrected chi connectivity index (χ4v) is 4.02. The number of methoxy groups -OCH3 is 1. The number of likely N-dealkylation sites (tertiary alicyclic amines) is 2. The summed E-state index contributed by atoms with van der Waals surface area (Å²) in [6.45, 7) is 11.2. The van der Waals surface area contributed by atoms with Crippen molar-refractivity contribution in [1.29, 1.82) is 0 Å². The summed E-state index contributed by atoms with van der Waals surface area (Å²) >= 11 is 0. The third-order valence-electron chi connectivity index (χ3n) is 5.50. The van der Waals surface area contributed by atoms with Crippen LogP contribution in [0.1, 0.15) is 46.0 Å². The lowest BCUT2D eigenvalue weighted by Crippen LogP contribution is -2.51. The van der Waals surface area contributed by atoms with Crippen LogP contribution in [-0.2, 0) is 9.53 Å². The second-order valence-electron chi connectivity index (χ2n) is 7.76. The average molecular weight is 352 g/mol. The molecule has 2 heterocycles. The third-order valence-corrected chi connectivity index (χ3v) is 5.50. The maximum Gasteiger partial charge on any atom is 0.224 e. The normalized spacial score (nSPS) is 23.4. The summed E-state index contributed by atoms with van der Waals surface area (Å²) in [6, 6.07) is 0.661. The Morgan fingerprint density at radius 3 is 2.64 bits per heavy atom. The minimum atomic E-state index is 0.154. The van der Waals surface area contributed by atoms with Gasteiger partial charge in [-0.2, -0.15) is 0 Å². The number of nitrogens with zero attached hydrogens (tertiary/aromatic N) is 2. The number of allylic oxidation sites excluding steroid dienone is 1. The number of carbonyl (C=O) groups is 1. The minimum Gasteiger partial charge on any atom is -0.383 e. The Labute approximate surface area is 153 Å². The van der Waals surface area contributed by atoms with Crippen LogP contribution in [0.25, 0.3) is 0 Å². The molecule has 0 aromatic rings. The topological polar surface area (TPSA) is 44.8 Å². The number of hydrogen-bond acceptors (Lipinski definition) is 4. The molecular weight excluding hydrogens is 314 g/mol. The SMILES string of the molecule is COCCNC(=O)[C@@H]1CCCN(C2CCN(CCC=C(C)C)CC2)C1. The van der Waals surface area contributed by atoms with Crippen molar-refractivity contribution in [2.45, 2.75) is 52.0 Å². The van der Waals surface area contributed by atoms with Crippen LogP contribution in [0.15, 0.2) is 11.6 Å². The van der Waals surface area contributed by atoms with E-state index in [0.29, 0.717) is 19.2 Å². The fourth-order valence-electron chi connectivity index (χ4n) is 4.02. The van der Waals surface area contributed by atoms with Crippen LogP contribution < -0.4 is 5.32 Å². The van der Waals surface area contributed by atoms with Gasteiger partial charge in [0.15, 0.2) is 0 Å². The number of rotatable bonds is 8. The predicted octanol–water partition coefficient (Wildman–Crippen LogP) is 2.28. The number of ether oxygens (including phenoxy) is 1. The molecule has 5 heteroatoms. The fraction of sp³-hybridized carbons (Fsp3) is 0.850. The maximum atomic E-state index is 12.3. The van der Waals surface area contributed by atoms with Gasteiger partial charge in [-0.15, -0.1) is 0 Å². The quantitative estimate of drug-likeness (QED) is 0.538. The van der Waals surface area contributed by atoms with E-state index in [1.165, 1.54) is 44.5 Å². The van der Waals surface area contributed by atoms with Crippen molar-refractivity contribution in [2.24, 2.45) is 5.92 Å². The first-order chi connectivity index (χ1) is 12.1. The number of nitrogens with one attached hydrogen (secondary N) is 1. The molecular formula is C20H37N3O2. The molecule has 2 aliphatic rings. The minimum absolute atomic E-state index is 0.154. The van der Waals surface area contributed by atoms with Gasteiger partial charge in [-0.1, -0.05) is 11.6 Å². The van der Waals surface area contributed by atoms with Gasteiger partial charge in [-0.05, 0) is 65.6 Å². The summed E-state index contributed by atoms with van der Waals surface area (Å²) in [5, 5.41) is 3.01. The first-order valence-corrected chi connectivity index (χ1v) is 9.96. The molecule has 2 aliphatic heterocycles. The van der Waals surface area contributed by atoms with E-state index in [1.54, 1.807) is 7.11 Å². The summed E-state index contributed by atoms with van der Waals surface area (Å²) in [5.74, 6) is 0.363. The zero-order valence-electron chi connectivity index (χ0n) is 16.4. The highest BCUT2D eigenvalue weighted by Crippen LogP contribution is 2.24. The van der Waals surface area contributed by atoms with Gasteiger partial charge < -0.3 is 15.0 Å². The van der Waals surface area contributed by atoms with Crippen molar-refractivity contribution in [1.82, 2.24) is 15.1 Å². The van der Waals surface area contributed by atoms with Gasteiger partial charge in [-0.3, -0.25) is 9.69 Å². The second kappa shape index (κ2) is 10.9. The zero-order chi connectivity index (χ0) is 18.1. The Bertz CT molecular complexity index is 427. The van der Waals surface area contributed by atoms with Gasteiger partial charge >= 0.3 is 0 Å². The summed E-state index contributed by atoms with van der Waals surface area (Å²) in [6.07, 6.45) is 8.16. The van der Waals surface area contributed by atoms with Crippen LogP contribution >= 0.6 is 0 Å². The van der Waals surface area contributed by atoms with E-state index in [4.69, 9.17) is 4.74 Å². The molecule has 144 valence electrons. The Morgan fingerprint density at radius 2 is 1.96 bits per heavy atom. The molecule has 0 bridgehead atoms. The highest BCUT2D eigenvalue weighted by Gasteiger charge is 2.31. The number of carbonyl (C=O) groups excluding carboxylic acids is 1. The second-order valence-corrected chi connectivity index (χ2v) is 7.76. The Morgan fingerprint density at radius 1 is 1.20 bits per heavy atom. The van der Waals surface area contributed by atoms with Gasteiger partial charge in [0.1, 0.15) is 0 Å². The molecule has 2 fully saturated rings. The Kier molecular flexibility index (Phi) is 8.93. The molecule has 0 unspecified atom stereocenters. The predicted molar refractivity (Wildman–Crippen MR) is 103 cm³/mol. The molecule has 1 amide bonds. The summed E-state index contributed by atoms with van der Waals surface area (Å²) < 4.78 is 5.01. The Hall–Kier alpha value is -0.910. The lowest BCUT2D eigenvalue weighted by molar-refractivity contribution is -0.127. The molecule has 0 saturated carbocycles. The largest absolute Gasteiger partial charge is 0.383 e. The van der Waals surface area contributed by atoms with Gasteiger partial charge in [0.05, 0.1) is 12.5 Å². The molecule has 0 radical (unpaired) electrons. The van der Waals surface area contributed by atoms with E-state index in [1.807, 2.05) is 0 Å². The summed E-state index contributed by atoms with van der Waals surface area (Å²) in [5.41, 5.74) is 1.41. The molecule has 25 heavy (non-hydrogen) atoms. The zero-order valence-corrected chi connectivity index (χ0v) is 16.4. The molecule has 1 N–H and O–H groups in total. The molecule has 0 aromatic heterocycles. The highest BCUT2D eigenvalue weighted by atomic mass is 16.5. The van der Waals surface area contributed by atoms with Crippen LogP contribution in [0, 0.1) is 5.92 Å². The lowest BCUT2D eigenvalue weighted by Gasteiger charge is -2.42. The first-order valence-electron chi connectivity index (χ1n) is 9.96. The van der Waals surface area contributed by atoms with Crippen LogP contribution in [0.2, 0.25) is 0 Å². The molecule has 5 nitrogen and oxygen atoms in total. The first kappa shape index (κ1) is 20.4. The maximum absolute atomic E-state index is 12.3. The summed E-state index contributed by atoms with van der Waals surface area (Å²) in [7, 11) is 1.67. The van der Waals surface area contributed by atoms with Crippen molar-refractivity contribution < 1.29 is 9.53 Å². The van der Waals surface area contributed by atoms with E-state index in [-0.39, 0.29) is 11.8 Å². The van der Waals surface area contributed by atoms with Crippen molar-refractivity contribution in [2.75, 3.05) is 53.0 Å². The van der Waals surface area contributed by atoms with Gasteiger partial charge in [-0.25, -0.2) is 0 Å². The van der Waals surface area contributed by atoms with Crippen LogP contribution in [0.5, 0.6) is 0 Å². The monoisotopic (exact) mass is 351 g/mol. The highest BCUT2D eigenvalue weighted by molar-refractivity contribution is 5.78. The Balaban J connectivity index is 1.71. The summed E-state index contributed by atoms with van der Waals surface area (Å²) in [4.78, 5) is 17.5. The smallest absolute Gasteiger partial charge is 0.224 e. The van der Waals surface area contributed by atoms with Crippen LogP contribution in [0.4, 0.5) is 0 Å². The van der Waals surface area contributed by atoms with Crippen molar-refractivity contribution in [3.63, 3.8) is 0 Å². The molecule has 0 aromatic carbocycles. The molecule has 2 saturated heterocycles. The van der Waals surface area contributed by atoms with E-state index < -0.39 is 0 Å². The molecule has 2 rings (SSSR count). The van der Waals surface area contributed by atoms with Crippen molar-refractivity contribution in [3.8, 4) is 0 Å². The van der Waals surface area contributed by atoms with Gasteiger partial charge in [0.25, 0.3) is 0 Å². The molecule has 0 aliphatic carbocycles. The van der Waals surface area contributed by atoms with E-state index in [0.717, 1.165) is 25.9 Å². The lowest BCUT2D eigenvalue weighted by atomic mass is 9.93. The van der Waals surface area contributed by atoms with Crippen molar-refractivity contribution in [3.05, 3.63) is 11.6 Å². The van der Waals surface area contributed by atoms with Gasteiger partial charge in [0.2, 0.25) is 5.91 Å². The van der Waals surface area contributed by atoms with E-state index >= 15 is 0 Å². The number of piperidine rings is 2. The number of amides is 1. The van der Waals surface area contributed by atoms with Crippen LogP contribution in [0.3, 0.4) is 0 Å². The van der Waals surface area contributed by atoms with E-state index in [2.05, 4.69) is 35.0 Å². The molecule has 1 atom stereocenters. The van der Waals surface area contributed by atoms with Crippen LogP contribution in [-0.4, -0.2) is 74.7 Å². The van der Waals surface area contributed by atoms with E-state index in [9.17, 15) is 4.79 Å². The van der Waals surface area contributed by atoms with Crippen molar-refractivity contribution >= 4 is 5.91 Å². The number of hydrogen-bond donors (Lipinski definition) is 1. The van der Waals surface area contributed by atoms with Gasteiger partial charge in [0, 0.05) is 32.8 Å². The average Bonchev–Trinajstić information content (AvgIpc) is 2.62.